The Kier molecular flexibility index (Phi) is 9.36. The Morgan fingerprint density at radius 2 is 1.80 bits per heavy atom. The predicted molar refractivity (Wildman–Crippen MR) is 168 cm³/mol. The van der Waals surface area contributed by atoms with Crippen molar-refractivity contribution in [2.45, 2.75) is 57.8 Å². The van der Waals surface area contributed by atoms with Gasteiger partial charge in [0.25, 0.3) is 5.56 Å². The maximum atomic E-state index is 14.3. The van der Waals surface area contributed by atoms with E-state index in [1.807, 2.05) is 23.1 Å². The molecule has 13 heteroatoms. The standard InChI is InChI=1S/C32H37ClFN5O6/c1-32(2,45-4)19-39-29(41)24(23-6-5-7-25(34)28(23)33)17-37(31(39)43)18-27(40)36-13-11-21(12-14-36)38-15-10-20-16-22(44-3)8-9-26(20)35-30(38)42/h5-9,16-17,21H,10-15,18-19H2,1-4H3,(H,35,42). The SMILES string of the molecule is COc1ccc2c(c1)CCN(C1CCN(C(=O)Cn3cc(-c4cccc(F)c4Cl)c(=O)n(CC(C)(C)OC)c3=O)CC1)C(=O)N2. The molecule has 1 fully saturated rings. The zero-order valence-electron chi connectivity index (χ0n) is 25.8. The lowest BCUT2D eigenvalue weighted by Crippen LogP contribution is -2.51. The monoisotopic (exact) mass is 641 g/mol. The molecular weight excluding hydrogens is 605 g/mol. The van der Waals surface area contributed by atoms with Crippen molar-refractivity contribution in [3.05, 3.63) is 79.8 Å². The van der Waals surface area contributed by atoms with E-state index in [0.29, 0.717) is 38.9 Å². The smallest absolute Gasteiger partial charge is 0.331 e. The van der Waals surface area contributed by atoms with Gasteiger partial charge in [0.05, 0.1) is 29.8 Å². The molecule has 1 saturated heterocycles. The number of carbonyl (C=O) groups excluding carboxylic acids is 2. The molecule has 0 unspecified atom stereocenters. The molecule has 0 saturated carbocycles. The summed E-state index contributed by atoms with van der Waals surface area (Å²) in [5, 5.41) is 2.73. The zero-order chi connectivity index (χ0) is 32.5. The van der Waals surface area contributed by atoms with Crippen LogP contribution in [0, 0.1) is 5.82 Å². The number of aromatic nitrogens is 2. The number of anilines is 1. The van der Waals surface area contributed by atoms with Crippen molar-refractivity contribution in [2.75, 3.05) is 39.2 Å². The van der Waals surface area contributed by atoms with E-state index in [0.717, 1.165) is 26.1 Å². The normalized spacial score (nSPS) is 15.8. The van der Waals surface area contributed by atoms with Gasteiger partial charge in [0.1, 0.15) is 18.1 Å². The minimum absolute atomic E-state index is 0.0108. The van der Waals surface area contributed by atoms with Gasteiger partial charge in [0.2, 0.25) is 5.91 Å². The quantitative estimate of drug-likeness (QED) is 0.398. The number of halogens is 2. The van der Waals surface area contributed by atoms with Gasteiger partial charge in [0.15, 0.2) is 0 Å². The Balaban J connectivity index is 1.33. The Morgan fingerprint density at radius 3 is 2.49 bits per heavy atom. The fourth-order valence-electron chi connectivity index (χ4n) is 5.82. The van der Waals surface area contributed by atoms with Gasteiger partial charge >= 0.3 is 11.7 Å². The second kappa shape index (κ2) is 13.1. The molecule has 0 spiro atoms. The van der Waals surface area contributed by atoms with Gasteiger partial charge in [-0.15, -0.1) is 0 Å². The third kappa shape index (κ3) is 6.76. The van der Waals surface area contributed by atoms with Crippen LogP contribution in [0.15, 0.2) is 52.2 Å². The van der Waals surface area contributed by atoms with Gasteiger partial charge in [0, 0.05) is 50.2 Å². The van der Waals surface area contributed by atoms with Crippen LogP contribution in [0.3, 0.4) is 0 Å². The number of carbonyl (C=O) groups is 2. The van der Waals surface area contributed by atoms with E-state index in [4.69, 9.17) is 21.1 Å². The molecule has 0 atom stereocenters. The average molecular weight is 642 g/mol. The predicted octanol–water partition coefficient (Wildman–Crippen LogP) is 3.98. The van der Waals surface area contributed by atoms with Crippen LogP contribution in [-0.2, 0) is 29.0 Å². The molecule has 3 aromatic rings. The van der Waals surface area contributed by atoms with Crippen molar-refractivity contribution in [1.82, 2.24) is 18.9 Å². The summed E-state index contributed by atoms with van der Waals surface area (Å²) < 4.78 is 27.3. The summed E-state index contributed by atoms with van der Waals surface area (Å²) in [7, 11) is 3.07. The van der Waals surface area contributed by atoms with Crippen molar-refractivity contribution >= 4 is 29.2 Å². The first-order valence-corrected chi connectivity index (χ1v) is 15.2. The lowest BCUT2D eigenvalue weighted by molar-refractivity contribution is -0.133. The van der Waals surface area contributed by atoms with Crippen LogP contribution in [0.4, 0.5) is 14.9 Å². The number of nitrogens with one attached hydrogen (secondary N) is 1. The zero-order valence-corrected chi connectivity index (χ0v) is 26.5. The van der Waals surface area contributed by atoms with Crippen molar-refractivity contribution in [3.63, 3.8) is 0 Å². The Morgan fingerprint density at radius 1 is 1.07 bits per heavy atom. The number of methoxy groups -OCH3 is 2. The number of nitrogens with zero attached hydrogens (tertiary/aromatic N) is 4. The van der Waals surface area contributed by atoms with Crippen LogP contribution in [0.1, 0.15) is 32.3 Å². The fraction of sp³-hybridized carbons (Fsp3) is 0.438. The second-order valence-corrected chi connectivity index (χ2v) is 12.3. The molecule has 240 valence electrons. The molecule has 11 nitrogen and oxygen atoms in total. The summed E-state index contributed by atoms with van der Waals surface area (Å²) in [6.07, 6.45) is 3.07. The van der Waals surface area contributed by atoms with Gasteiger partial charge in [-0.05, 0) is 62.9 Å². The van der Waals surface area contributed by atoms with E-state index in [-0.39, 0.29) is 47.2 Å². The summed E-state index contributed by atoms with van der Waals surface area (Å²) in [6.45, 7) is 4.32. The topological polar surface area (TPSA) is 115 Å². The first kappa shape index (κ1) is 32.2. The van der Waals surface area contributed by atoms with Gasteiger partial charge in [-0.3, -0.25) is 18.7 Å². The fourth-order valence-corrected chi connectivity index (χ4v) is 6.05. The van der Waals surface area contributed by atoms with Gasteiger partial charge in [-0.1, -0.05) is 23.7 Å². The van der Waals surface area contributed by atoms with Crippen LogP contribution in [0.5, 0.6) is 5.75 Å². The molecular formula is C32H37ClFN5O6. The van der Waals surface area contributed by atoms with E-state index in [1.165, 1.54) is 31.5 Å². The molecule has 3 amide bonds. The summed E-state index contributed by atoms with van der Waals surface area (Å²) in [5.74, 6) is -0.301. The number of rotatable bonds is 8. The van der Waals surface area contributed by atoms with Gasteiger partial charge < -0.3 is 24.6 Å². The molecule has 1 N–H and O–H groups in total. The van der Waals surface area contributed by atoms with Crippen molar-refractivity contribution in [3.8, 4) is 16.9 Å². The summed E-state index contributed by atoms with van der Waals surface area (Å²) in [4.78, 5) is 57.1. The molecule has 5 rings (SSSR count). The molecule has 3 heterocycles. The van der Waals surface area contributed by atoms with Gasteiger partial charge in [-0.25, -0.2) is 14.0 Å². The molecule has 2 aliphatic heterocycles. The second-order valence-electron chi connectivity index (χ2n) is 11.9. The van der Waals surface area contributed by atoms with Crippen LogP contribution in [0.2, 0.25) is 5.02 Å². The molecule has 45 heavy (non-hydrogen) atoms. The van der Waals surface area contributed by atoms with Crippen molar-refractivity contribution in [2.24, 2.45) is 0 Å². The van der Waals surface area contributed by atoms with Crippen LogP contribution < -0.4 is 21.3 Å². The lowest BCUT2D eigenvalue weighted by atomic mass is 10.0. The molecule has 2 aromatic carbocycles. The summed E-state index contributed by atoms with van der Waals surface area (Å²) in [6, 6.07) is 9.42. The summed E-state index contributed by atoms with van der Waals surface area (Å²) >= 11 is 6.22. The third-order valence-corrected chi connectivity index (χ3v) is 8.95. The Bertz CT molecular complexity index is 1730. The Labute approximate surface area is 265 Å². The number of fused-ring (bicyclic) bond motifs is 1. The highest BCUT2D eigenvalue weighted by molar-refractivity contribution is 6.33. The minimum atomic E-state index is -0.885. The molecule has 0 radical (unpaired) electrons. The largest absolute Gasteiger partial charge is 0.497 e. The number of hydrogen-bond acceptors (Lipinski definition) is 6. The summed E-state index contributed by atoms with van der Waals surface area (Å²) in [5.41, 5.74) is -0.384. The van der Waals surface area contributed by atoms with E-state index < -0.39 is 22.7 Å². The number of piperidine rings is 1. The number of hydrogen-bond donors (Lipinski definition) is 1. The highest BCUT2D eigenvalue weighted by atomic mass is 35.5. The van der Waals surface area contributed by atoms with Crippen LogP contribution >= 0.6 is 11.6 Å². The minimum Gasteiger partial charge on any atom is -0.497 e. The number of urea groups is 1. The number of amides is 3. The first-order valence-electron chi connectivity index (χ1n) is 14.8. The van der Waals surface area contributed by atoms with Crippen LogP contribution in [-0.4, -0.2) is 76.4 Å². The van der Waals surface area contributed by atoms with E-state index in [1.54, 1.807) is 25.9 Å². The van der Waals surface area contributed by atoms with Crippen molar-refractivity contribution in [1.29, 1.82) is 0 Å². The highest BCUT2D eigenvalue weighted by Crippen LogP contribution is 2.29. The highest BCUT2D eigenvalue weighted by Gasteiger charge is 2.32. The molecule has 0 bridgehead atoms. The maximum Gasteiger partial charge on any atom is 0.331 e. The third-order valence-electron chi connectivity index (χ3n) is 8.57. The van der Waals surface area contributed by atoms with E-state index in [2.05, 4.69) is 5.32 Å². The molecule has 0 aliphatic carbocycles. The van der Waals surface area contributed by atoms with E-state index >= 15 is 0 Å². The molecule has 2 aliphatic rings. The number of benzene rings is 2. The Hall–Kier alpha value is -4.16. The number of likely N-dealkylation sites (tertiary alicyclic amines) is 1. The van der Waals surface area contributed by atoms with Crippen molar-refractivity contribution < 1.29 is 23.5 Å². The number of ether oxygens (including phenoxy) is 2. The average Bonchev–Trinajstić information content (AvgIpc) is 3.19. The molecule has 1 aromatic heterocycles. The maximum absolute atomic E-state index is 14.3. The lowest BCUT2D eigenvalue weighted by Gasteiger charge is -2.38. The first-order chi connectivity index (χ1) is 21.4. The van der Waals surface area contributed by atoms with Gasteiger partial charge in [-0.2, -0.15) is 0 Å². The van der Waals surface area contributed by atoms with E-state index in [9.17, 15) is 23.6 Å². The van der Waals surface area contributed by atoms with Crippen LogP contribution in [0.25, 0.3) is 11.1 Å².